The Morgan fingerprint density at radius 3 is 2.52 bits per heavy atom. The van der Waals surface area contributed by atoms with E-state index in [-0.39, 0.29) is 11.6 Å². The maximum Gasteiger partial charge on any atom is 0.416 e. The highest BCUT2D eigenvalue weighted by Crippen LogP contribution is 2.33. The Morgan fingerprint density at radius 2 is 1.80 bits per heavy atom. The van der Waals surface area contributed by atoms with Gasteiger partial charge in [-0.2, -0.15) is 13.2 Å². The first-order chi connectivity index (χ1) is 11.7. The molecule has 1 aliphatic rings. The Bertz CT molecular complexity index is 914. The first-order valence-corrected chi connectivity index (χ1v) is 9.21. The number of hydrogen-bond acceptors (Lipinski definition) is 3. The van der Waals surface area contributed by atoms with E-state index in [2.05, 4.69) is 10.0 Å². The summed E-state index contributed by atoms with van der Waals surface area (Å²) >= 11 is 5.79. The Balaban J connectivity index is 1.82. The molecule has 0 fully saturated rings. The predicted molar refractivity (Wildman–Crippen MR) is 87.5 cm³/mol. The van der Waals surface area contributed by atoms with Gasteiger partial charge in [0, 0.05) is 19.6 Å². The molecule has 3 rings (SSSR count). The zero-order valence-corrected chi connectivity index (χ0v) is 14.4. The van der Waals surface area contributed by atoms with Gasteiger partial charge in [-0.15, -0.1) is 0 Å². The van der Waals surface area contributed by atoms with E-state index in [0.717, 1.165) is 29.8 Å². The molecule has 0 bridgehead atoms. The summed E-state index contributed by atoms with van der Waals surface area (Å²) in [7, 11) is -4.18. The fourth-order valence-electron chi connectivity index (χ4n) is 2.60. The van der Waals surface area contributed by atoms with Crippen molar-refractivity contribution in [2.45, 2.75) is 30.7 Å². The van der Waals surface area contributed by atoms with Gasteiger partial charge in [-0.1, -0.05) is 29.8 Å². The lowest BCUT2D eigenvalue weighted by Crippen LogP contribution is -2.24. The van der Waals surface area contributed by atoms with Crippen LogP contribution in [0.1, 0.15) is 22.3 Å². The molecule has 0 aromatic heterocycles. The van der Waals surface area contributed by atoms with Gasteiger partial charge >= 0.3 is 6.18 Å². The minimum Gasteiger partial charge on any atom is -0.309 e. The summed E-state index contributed by atoms with van der Waals surface area (Å²) < 4.78 is 65.4. The fourth-order valence-corrected chi connectivity index (χ4v) is 4.14. The minimum atomic E-state index is -4.65. The summed E-state index contributed by atoms with van der Waals surface area (Å²) in [6.07, 6.45) is -4.65. The van der Waals surface area contributed by atoms with E-state index in [1.165, 1.54) is 0 Å². The third-order valence-electron chi connectivity index (χ3n) is 3.92. The SMILES string of the molecule is O=S(=O)(NCc1ccc2c(c1)CNC2)c1cc(C(F)(F)F)ccc1Cl. The topological polar surface area (TPSA) is 58.2 Å². The van der Waals surface area contributed by atoms with Gasteiger partial charge in [-0.3, -0.25) is 0 Å². The lowest BCUT2D eigenvalue weighted by molar-refractivity contribution is -0.137. The van der Waals surface area contributed by atoms with Crippen molar-refractivity contribution in [2.75, 3.05) is 0 Å². The maximum absolute atomic E-state index is 12.8. The van der Waals surface area contributed by atoms with Gasteiger partial charge in [0.2, 0.25) is 10.0 Å². The number of halogens is 4. The third-order valence-corrected chi connectivity index (χ3v) is 5.80. The first-order valence-electron chi connectivity index (χ1n) is 7.34. The summed E-state index contributed by atoms with van der Waals surface area (Å²) in [5, 5.41) is 2.91. The lowest BCUT2D eigenvalue weighted by Gasteiger charge is -2.12. The highest BCUT2D eigenvalue weighted by molar-refractivity contribution is 7.89. The fraction of sp³-hybridized carbons (Fsp3) is 0.250. The number of hydrogen-bond donors (Lipinski definition) is 2. The number of nitrogens with one attached hydrogen (secondary N) is 2. The van der Waals surface area contributed by atoms with Gasteiger partial charge < -0.3 is 5.32 Å². The van der Waals surface area contributed by atoms with Crippen LogP contribution in [0.3, 0.4) is 0 Å². The van der Waals surface area contributed by atoms with Crippen molar-refractivity contribution in [3.63, 3.8) is 0 Å². The van der Waals surface area contributed by atoms with Crippen LogP contribution in [0.25, 0.3) is 0 Å². The molecule has 1 aliphatic heterocycles. The number of sulfonamides is 1. The molecule has 4 nitrogen and oxygen atoms in total. The molecule has 0 atom stereocenters. The van der Waals surface area contributed by atoms with Crippen molar-refractivity contribution >= 4 is 21.6 Å². The van der Waals surface area contributed by atoms with Gasteiger partial charge in [-0.25, -0.2) is 13.1 Å². The molecule has 2 N–H and O–H groups in total. The molecule has 0 saturated carbocycles. The Morgan fingerprint density at radius 1 is 1.08 bits per heavy atom. The molecule has 1 heterocycles. The minimum absolute atomic E-state index is 0.0395. The molecule has 0 unspecified atom stereocenters. The van der Waals surface area contributed by atoms with Crippen LogP contribution in [0.15, 0.2) is 41.3 Å². The summed E-state index contributed by atoms with van der Waals surface area (Å²) in [5.41, 5.74) is 1.87. The first kappa shape index (κ1) is 18.2. The second kappa shape index (κ2) is 6.60. The molecule has 2 aromatic carbocycles. The van der Waals surface area contributed by atoms with Crippen LogP contribution in [0.4, 0.5) is 13.2 Å². The maximum atomic E-state index is 12.8. The summed E-state index contributed by atoms with van der Waals surface area (Å²) in [6, 6.07) is 7.76. The smallest absolute Gasteiger partial charge is 0.309 e. The van der Waals surface area contributed by atoms with Crippen LogP contribution < -0.4 is 10.0 Å². The van der Waals surface area contributed by atoms with Crippen molar-refractivity contribution in [1.82, 2.24) is 10.0 Å². The van der Waals surface area contributed by atoms with Gasteiger partial charge in [-0.05, 0) is 34.9 Å². The highest BCUT2D eigenvalue weighted by atomic mass is 35.5. The van der Waals surface area contributed by atoms with Crippen LogP contribution in [0, 0.1) is 0 Å². The van der Waals surface area contributed by atoms with Crippen molar-refractivity contribution in [1.29, 1.82) is 0 Å². The molecule has 9 heteroatoms. The number of rotatable bonds is 4. The Labute approximate surface area is 148 Å². The molecule has 134 valence electrons. The molecule has 0 aliphatic carbocycles. The number of alkyl halides is 3. The summed E-state index contributed by atoms with van der Waals surface area (Å²) in [4.78, 5) is -0.591. The molecule has 25 heavy (non-hydrogen) atoms. The molecule has 0 saturated heterocycles. The van der Waals surface area contributed by atoms with E-state index in [1.807, 2.05) is 12.1 Å². The van der Waals surface area contributed by atoms with Gasteiger partial charge in [0.25, 0.3) is 0 Å². The molecular weight excluding hydrogens is 377 g/mol. The quantitative estimate of drug-likeness (QED) is 0.840. The van der Waals surface area contributed by atoms with E-state index in [1.54, 1.807) is 6.07 Å². The third kappa shape index (κ3) is 3.98. The van der Waals surface area contributed by atoms with Crippen LogP contribution in [-0.4, -0.2) is 8.42 Å². The lowest BCUT2D eigenvalue weighted by atomic mass is 10.1. The Kier molecular flexibility index (Phi) is 4.80. The number of fused-ring (bicyclic) bond motifs is 1. The van der Waals surface area contributed by atoms with Crippen LogP contribution in [0.5, 0.6) is 0 Å². The van der Waals surface area contributed by atoms with Crippen LogP contribution in [0.2, 0.25) is 5.02 Å². The monoisotopic (exact) mass is 390 g/mol. The van der Waals surface area contributed by atoms with E-state index in [4.69, 9.17) is 11.6 Å². The number of benzene rings is 2. The normalized spacial score (nSPS) is 14.6. The zero-order valence-electron chi connectivity index (χ0n) is 12.8. The average molecular weight is 391 g/mol. The van der Waals surface area contributed by atoms with Crippen LogP contribution >= 0.6 is 11.6 Å². The molecule has 0 radical (unpaired) electrons. The van der Waals surface area contributed by atoms with Crippen molar-refractivity contribution < 1.29 is 21.6 Å². The molecule has 0 amide bonds. The van der Waals surface area contributed by atoms with Gasteiger partial charge in [0.15, 0.2) is 0 Å². The summed E-state index contributed by atoms with van der Waals surface area (Å²) in [5.74, 6) is 0. The molecule has 2 aromatic rings. The zero-order chi connectivity index (χ0) is 18.2. The molecular formula is C16H14ClF3N2O2S. The summed E-state index contributed by atoms with van der Waals surface area (Å²) in [6.45, 7) is 1.43. The van der Waals surface area contributed by atoms with Crippen LogP contribution in [-0.2, 0) is 35.8 Å². The standard InChI is InChI=1S/C16H14ClF3N2O2S/c17-14-4-3-13(16(18,19)20)6-15(14)25(23,24)22-7-10-1-2-11-8-21-9-12(11)5-10/h1-6,21-22H,7-9H2. The second-order valence-electron chi connectivity index (χ2n) is 5.67. The largest absolute Gasteiger partial charge is 0.416 e. The van der Waals surface area contributed by atoms with E-state index in [0.29, 0.717) is 18.2 Å². The van der Waals surface area contributed by atoms with E-state index in [9.17, 15) is 21.6 Å². The highest BCUT2D eigenvalue weighted by Gasteiger charge is 2.32. The van der Waals surface area contributed by atoms with Gasteiger partial charge in [0.1, 0.15) is 4.90 Å². The van der Waals surface area contributed by atoms with Gasteiger partial charge in [0.05, 0.1) is 10.6 Å². The van der Waals surface area contributed by atoms with Crippen molar-refractivity contribution in [3.05, 3.63) is 63.7 Å². The average Bonchev–Trinajstić information content (AvgIpc) is 2.99. The van der Waals surface area contributed by atoms with Crippen molar-refractivity contribution in [2.24, 2.45) is 0 Å². The Hall–Kier alpha value is -1.61. The molecule has 0 spiro atoms. The van der Waals surface area contributed by atoms with E-state index < -0.39 is 26.7 Å². The second-order valence-corrected chi connectivity index (χ2v) is 7.82. The predicted octanol–water partition coefficient (Wildman–Crippen LogP) is 3.44. The van der Waals surface area contributed by atoms with Crippen molar-refractivity contribution in [3.8, 4) is 0 Å². The van der Waals surface area contributed by atoms with E-state index >= 15 is 0 Å².